The Labute approximate surface area is 165 Å². The molecular formula is C21H17FN2O3S. The highest BCUT2D eigenvalue weighted by atomic mass is 32.2. The molecule has 1 atom stereocenters. The van der Waals surface area contributed by atoms with Gasteiger partial charge in [0.1, 0.15) is 11.2 Å². The van der Waals surface area contributed by atoms with Gasteiger partial charge < -0.3 is 9.73 Å². The number of nitrogens with one attached hydrogen (secondary N) is 1. The molecule has 1 fully saturated rings. The van der Waals surface area contributed by atoms with E-state index >= 15 is 0 Å². The summed E-state index contributed by atoms with van der Waals surface area (Å²) >= 11 is 1.45. The Balaban J connectivity index is 1.57. The van der Waals surface area contributed by atoms with E-state index in [-0.39, 0.29) is 34.4 Å². The molecule has 1 saturated heterocycles. The minimum Gasteiger partial charge on any atom is -0.459 e. The van der Waals surface area contributed by atoms with Gasteiger partial charge in [0.25, 0.3) is 5.91 Å². The lowest BCUT2D eigenvalue weighted by Crippen LogP contribution is -2.28. The van der Waals surface area contributed by atoms with Gasteiger partial charge in [-0.25, -0.2) is 4.39 Å². The normalized spacial score (nSPS) is 16.4. The molecule has 2 amide bonds. The third kappa shape index (κ3) is 3.53. The van der Waals surface area contributed by atoms with Crippen molar-refractivity contribution in [1.82, 2.24) is 0 Å². The Kier molecular flexibility index (Phi) is 4.92. The molecule has 1 aromatic heterocycles. The van der Waals surface area contributed by atoms with Crippen LogP contribution in [0.3, 0.4) is 0 Å². The molecule has 0 aliphatic carbocycles. The number of aryl methyl sites for hydroxylation is 1. The fourth-order valence-electron chi connectivity index (χ4n) is 3.07. The number of carbonyl (C=O) groups excluding carboxylic acids is 2. The summed E-state index contributed by atoms with van der Waals surface area (Å²) in [6.07, 6.45) is 1.44. The van der Waals surface area contributed by atoms with Crippen LogP contribution in [0, 0.1) is 12.7 Å². The number of thioether (sulfide) groups is 1. The predicted molar refractivity (Wildman–Crippen MR) is 107 cm³/mol. The summed E-state index contributed by atoms with van der Waals surface area (Å²) in [6.45, 7) is 1.86. The largest absolute Gasteiger partial charge is 0.459 e. The van der Waals surface area contributed by atoms with Crippen molar-refractivity contribution < 1.29 is 18.4 Å². The Morgan fingerprint density at radius 1 is 1.21 bits per heavy atom. The van der Waals surface area contributed by atoms with Crippen LogP contribution in [0.15, 0.2) is 65.3 Å². The Hall–Kier alpha value is -3.06. The number of rotatable bonds is 4. The Bertz CT molecular complexity index is 1020. The average Bonchev–Trinajstić information content (AvgIpc) is 3.35. The summed E-state index contributed by atoms with van der Waals surface area (Å²) in [6, 6.07) is 15.1. The maximum absolute atomic E-state index is 14.4. The topological polar surface area (TPSA) is 62.6 Å². The van der Waals surface area contributed by atoms with Crippen LogP contribution < -0.4 is 10.2 Å². The van der Waals surface area contributed by atoms with E-state index in [4.69, 9.17) is 4.42 Å². The molecule has 5 nitrogen and oxygen atoms in total. The number of furan rings is 1. The van der Waals surface area contributed by atoms with Gasteiger partial charge in [0.05, 0.1) is 17.7 Å². The van der Waals surface area contributed by atoms with E-state index < -0.39 is 5.82 Å². The monoisotopic (exact) mass is 396 g/mol. The lowest BCUT2D eigenvalue weighted by atomic mass is 10.1. The maximum atomic E-state index is 14.4. The average molecular weight is 396 g/mol. The molecule has 1 N–H and O–H groups in total. The molecule has 0 bridgehead atoms. The number of amides is 2. The SMILES string of the molecule is Cc1ccc(F)c(N2C(=O)CSC2c2ccc(NC(=O)c3ccco3)cc2)c1. The standard InChI is InChI=1S/C21H17FN2O3S/c1-13-4-9-16(22)17(11-13)24-19(25)12-28-21(24)14-5-7-15(8-6-14)23-20(26)18-3-2-10-27-18/h2-11,21H,12H2,1H3,(H,23,26). The third-order valence-corrected chi connectivity index (χ3v) is 5.64. The van der Waals surface area contributed by atoms with Gasteiger partial charge in [0, 0.05) is 5.69 Å². The van der Waals surface area contributed by atoms with Crippen molar-refractivity contribution >= 4 is 35.0 Å². The first kappa shape index (κ1) is 18.3. The fraction of sp³-hybridized carbons (Fsp3) is 0.143. The molecule has 3 aromatic rings. The number of benzene rings is 2. The smallest absolute Gasteiger partial charge is 0.291 e. The van der Waals surface area contributed by atoms with Crippen molar-refractivity contribution in [3.8, 4) is 0 Å². The molecule has 1 aliphatic rings. The third-order valence-electron chi connectivity index (χ3n) is 4.43. The summed E-state index contributed by atoms with van der Waals surface area (Å²) in [5.41, 5.74) is 2.63. The van der Waals surface area contributed by atoms with E-state index in [0.29, 0.717) is 5.69 Å². The highest BCUT2D eigenvalue weighted by molar-refractivity contribution is 8.00. The van der Waals surface area contributed by atoms with E-state index in [1.807, 2.05) is 19.1 Å². The van der Waals surface area contributed by atoms with Crippen molar-refractivity contribution in [1.29, 1.82) is 0 Å². The molecule has 0 radical (unpaired) electrons. The van der Waals surface area contributed by atoms with E-state index in [0.717, 1.165) is 11.1 Å². The van der Waals surface area contributed by atoms with Gasteiger partial charge in [-0.05, 0) is 54.4 Å². The van der Waals surface area contributed by atoms with Crippen LogP contribution in [0.1, 0.15) is 27.1 Å². The van der Waals surface area contributed by atoms with Crippen molar-refractivity contribution in [2.45, 2.75) is 12.3 Å². The van der Waals surface area contributed by atoms with Crippen molar-refractivity contribution in [2.75, 3.05) is 16.0 Å². The fourth-order valence-corrected chi connectivity index (χ4v) is 4.24. The summed E-state index contributed by atoms with van der Waals surface area (Å²) in [5.74, 6) is -0.382. The first-order valence-corrected chi connectivity index (χ1v) is 9.72. The predicted octanol–water partition coefficient (Wildman–Crippen LogP) is 4.76. The zero-order valence-electron chi connectivity index (χ0n) is 15.0. The highest BCUT2D eigenvalue weighted by Gasteiger charge is 2.35. The van der Waals surface area contributed by atoms with E-state index in [2.05, 4.69) is 5.32 Å². The lowest BCUT2D eigenvalue weighted by Gasteiger charge is -2.25. The van der Waals surface area contributed by atoms with E-state index in [1.165, 1.54) is 29.0 Å². The van der Waals surface area contributed by atoms with Crippen LogP contribution in [-0.2, 0) is 4.79 Å². The van der Waals surface area contributed by atoms with E-state index in [1.54, 1.807) is 36.4 Å². The molecule has 1 unspecified atom stereocenters. The zero-order valence-corrected chi connectivity index (χ0v) is 15.8. The molecule has 0 spiro atoms. The molecule has 142 valence electrons. The van der Waals surface area contributed by atoms with Gasteiger partial charge in [0.15, 0.2) is 5.76 Å². The minimum absolute atomic E-state index is 0.130. The first-order valence-electron chi connectivity index (χ1n) is 8.67. The maximum Gasteiger partial charge on any atom is 0.291 e. The Morgan fingerprint density at radius 2 is 2.00 bits per heavy atom. The molecule has 28 heavy (non-hydrogen) atoms. The van der Waals surface area contributed by atoms with Gasteiger partial charge in [-0.15, -0.1) is 11.8 Å². The van der Waals surface area contributed by atoms with Crippen LogP contribution in [0.2, 0.25) is 0 Å². The molecular weight excluding hydrogens is 379 g/mol. The van der Waals surface area contributed by atoms with Crippen LogP contribution in [0.4, 0.5) is 15.8 Å². The summed E-state index contributed by atoms with van der Waals surface area (Å²) < 4.78 is 19.4. The number of hydrogen-bond donors (Lipinski definition) is 1. The van der Waals surface area contributed by atoms with E-state index in [9.17, 15) is 14.0 Å². The number of nitrogens with zero attached hydrogens (tertiary/aromatic N) is 1. The van der Waals surface area contributed by atoms with Crippen LogP contribution >= 0.6 is 11.8 Å². The number of halogens is 1. The second kappa shape index (κ2) is 7.52. The van der Waals surface area contributed by atoms with Crippen molar-refractivity contribution in [2.24, 2.45) is 0 Å². The molecule has 2 heterocycles. The quantitative estimate of drug-likeness (QED) is 0.691. The number of anilines is 2. The summed E-state index contributed by atoms with van der Waals surface area (Å²) in [7, 11) is 0. The summed E-state index contributed by atoms with van der Waals surface area (Å²) in [4.78, 5) is 26.0. The van der Waals surface area contributed by atoms with Crippen LogP contribution in [0.25, 0.3) is 0 Å². The molecule has 7 heteroatoms. The number of hydrogen-bond acceptors (Lipinski definition) is 4. The second-order valence-electron chi connectivity index (χ2n) is 6.44. The van der Waals surface area contributed by atoms with Crippen LogP contribution in [-0.4, -0.2) is 17.6 Å². The van der Waals surface area contributed by atoms with Gasteiger partial charge >= 0.3 is 0 Å². The molecule has 0 saturated carbocycles. The molecule has 4 rings (SSSR count). The molecule has 2 aromatic carbocycles. The van der Waals surface area contributed by atoms with Crippen molar-refractivity contribution in [3.63, 3.8) is 0 Å². The summed E-state index contributed by atoms with van der Waals surface area (Å²) in [5, 5.41) is 2.43. The van der Waals surface area contributed by atoms with Gasteiger partial charge in [-0.3, -0.25) is 14.5 Å². The minimum atomic E-state index is -0.422. The second-order valence-corrected chi connectivity index (χ2v) is 7.50. The Morgan fingerprint density at radius 3 is 2.71 bits per heavy atom. The van der Waals surface area contributed by atoms with Crippen molar-refractivity contribution in [3.05, 3.63) is 83.6 Å². The first-order chi connectivity index (χ1) is 13.5. The number of carbonyl (C=O) groups is 2. The molecule has 1 aliphatic heterocycles. The zero-order chi connectivity index (χ0) is 19.7. The highest BCUT2D eigenvalue weighted by Crippen LogP contribution is 2.43. The van der Waals surface area contributed by atoms with Gasteiger partial charge in [-0.1, -0.05) is 18.2 Å². The van der Waals surface area contributed by atoms with Crippen LogP contribution in [0.5, 0.6) is 0 Å². The lowest BCUT2D eigenvalue weighted by molar-refractivity contribution is -0.115. The van der Waals surface area contributed by atoms with Gasteiger partial charge in [-0.2, -0.15) is 0 Å². The van der Waals surface area contributed by atoms with Gasteiger partial charge in [0.2, 0.25) is 5.91 Å².